The lowest BCUT2D eigenvalue weighted by Gasteiger charge is -2.15. The maximum atomic E-state index is 6.63. The number of hydrogen-bond acceptors (Lipinski definition) is 0. The molecule has 0 aliphatic carbocycles. The zero-order valence-electron chi connectivity index (χ0n) is 11.4. The molecule has 0 aliphatic rings. The van der Waals surface area contributed by atoms with Gasteiger partial charge in [-0.2, -0.15) is 0 Å². The molecule has 1 atom stereocenters. The summed E-state index contributed by atoms with van der Waals surface area (Å²) in [4.78, 5) is 0. The first kappa shape index (κ1) is 14.4. The zero-order valence-corrected chi connectivity index (χ0v) is 12.1. The fraction of sp³-hybridized carbons (Fsp3) is 0.0526. The van der Waals surface area contributed by atoms with Crippen molar-refractivity contribution in [3.8, 4) is 0 Å². The minimum atomic E-state index is -0.207. The van der Waals surface area contributed by atoms with Crippen molar-refractivity contribution in [2.24, 2.45) is 0 Å². The van der Waals surface area contributed by atoms with Crippen molar-refractivity contribution in [3.05, 3.63) is 90.0 Å². The van der Waals surface area contributed by atoms with Gasteiger partial charge in [-0.1, -0.05) is 80.4 Å². The summed E-state index contributed by atoms with van der Waals surface area (Å²) in [5, 5.41) is -0.207. The minimum absolute atomic E-state index is 0.207. The molecule has 0 N–H and O–H groups in total. The van der Waals surface area contributed by atoms with Gasteiger partial charge < -0.3 is 0 Å². The van der Waals surface area contributed by atoms with Crippen molar-refractivity contribution < 1.29 is 0 Å². The van der Waals surface area contributed by atoms with E-state index in [1.165, 1.54) is 0 Å². The molecule has 0 aliphatic heterocycles. The summed E-state index contributed by atoms with van der Waals surface area (Å²) in [7, 11) is 0. The SMILES string of the molecule is C=Cc1ccc(C(Cl)c2cccc(C=C)c2C=C)cc1. The molecule has 1 heteroatoms. The highest BCUT2D eigenvalue weighted by Gasteiger charge is 2.14. The number of rotatable bonds is 5. The second-order valence-corrected chi connectivity index (χ2v) is 4.93. The van der Waals surface area contributed by atoms with Crippen LogP contribution in [0.4, 0.5) is 0 Å². The molecule has 0 amide bonds. The van der Waals surface area contributed by atoms with E-state index in [9.17, 15) is 0 Å². The van der Waals surface area contributed by atoms with Gasteiger partial charge >= 0.3 is 0 Å². The molecule has 0 nitrogen and oxygen atoms in total. The monoisotopic (exact) mass is 280 g/mol. The van der Waals surface area contributed by atoms with Crippen LogP contribution < -0.4 is 0 Å². The third-order valence-corrected chi connectivity index (χ3v) is 3.82. The molecule has 1 unspecified atom stereocenters. The topological polar surface area (TPSA) is 0 Å². The van der Waals surface area contributed by atoms with Crippen molar-refractivity contribution in [1.82, 2.24) is 0 Å². The Morgan fingerprint density at radius 3 is 2.10 bits per heavy atom. The van der Waals surface area contributed by atoms with Gasteiger partial charge in [0, 0.05) is 0 Å². The van der Waals surface area contributed by atoms with E-state index in [2.05, 4.69) is 19.7 Å². The van der Waals surface area contributed by atoms with Gasteiger partial charge in [0.15, 0.2) is 0 Å². The smallest absolute Gasteiger partial charge is 0.0841 e. The lowest BCUT2D eigenvalue weighted by molar-refractivity contribution is 1.13. The van der Waals surface area contributed by atoms with Gasteiger partial charge in [0.05, 0.1) is 5.38 Å². The van der Waals surface area contributed by atoms with Crippen LogP contribution in [0.25, 0.3) is 18.2 Å². The van der Waals surface area contributed by atoms with Gasteiger partial charge in [0.2, 0.25) is 0 Å². The van der Waals surface area contributed by atoms with Crippen molar-refractivity contribution >= 4 is 29.8 Å². The lowest BCUT2D eigenvalue weighted by atomic mass is 9.95. The maximum Gasteiger partial charge on any atom is 0.0841 e. The molecule has 2 aromatic rings. The largest absolute Gasteiger partial charge is 0.113 e. The Labute approximate surface area is 125 Å². The average molecular weight is 281 g/mol. The molecular weight excluding hydrogens is 264 g/mol. The quantitative estimate of drug-likeness (QED) is 0.594. The molecule has 100 valence electrons. The molecular formula is C19H17Cl. The zero-order chi connectivity index (χ0) is 14.5. The third kappa shape index (κ3) is 2.76. The molecule has 0 saturated heterocycles. The molecule has 2 aromatic carbocycles. The van der Waals surface area contributed by atoms with Crippen molar-refractivity contribution in [3.63, 3.8) is 0 Å². The van der Waals surface area contributed by atoms with E-state index in [4.69, 9.17) is 11.6 Å². The number of benzene rings is 2. The number of halogens is 1. The summed E-state index contributed by atoms with van der Waals surface area (Å²) < 4.78 is 0. The molecule has 20 heavy (non-hydrogen) atoms. The van der Waals surface area contributed by atoms with Crippen LogP contribution in [0.2, 0.25) is 0 Å². The minimum Gasteiger partial charge on any atom is -0.113 e. The van der Waals surface area contributed by atoms with Crippen LogP contribution in [0.15, 0.2) is 62.2 Å². The molecule has 0 heterocycles. The van der Waals surface area contributed by atoms with E-state index < -0.39 is 0 Å². The van der Waals surface area contributed by atoms with Crippen LogP contribution in [-0.4, -0.2) is 0 Å². The fourth-order valence-electron chi connectivity index (χ4n) is 2.22. The Balaban J connectivity index is 2.46. The number of alkyl halides is 1. The fourth-order valence-corrected chi connectivity index (χ4v) is 2.55. The van der Waals surface area contributed by atoms with Gasteiger partial charge in [-0.05, 0) is 27.8 Å². The highest BCUT2D eigenvalue weighted by Crippen LogP contribution is 2.33. The highest BCUT2D eigenvalue weighted by molar-refractivity contribution is 6.22. The van der Waals surface area contributed by atoms with Crippen molar-refractivity contribution in [2.75, 3.05) is 0 Å². The Hall–Kier alpha value is -2.05. The second-order valence-electron chi connectivity index (χ2n) is 4.49. The standard InChI is InChI=1S/C19H17Cl/c1-4-14-10-12-16(13-11-14)19(20)18-9-7-8-15(5-2)17(18)6-3/h4-13,19H,1-3H2. The van der Waals surface area contributed by atoms with E-state index in [1.54, 1.807) is 0 Å². The van der Waals surface area contributed by atoms with E-state index >= 15 is 0 Å². The van der Waals surface area contributed by atoms with Gasteiger partial charge in [-0.25, -0.2) is 0 Å². The molecule has 2 rings (SSSR count). The van der Waals surface area contributed by atoms with Gasteiger partial charge in [0.25, 0.3) is 0 Å². The summed E-state index contributed by atoms with van der Waals surface area (Å²) >= 11 is 6.63. The predicted octanol–water partition coefficient (Wildman–Crippen LogP) is 5.94. The summed E-state index contributed by atoms with van der Waals surface area (Å²) in [5.74, 6) is 0. The van der Waals surface area contributed by atoms with Gasteiger partial charge in [0.1, 0.15) is 0 Å². The average Bonchev–Trinajstić information content (AvgIpc) is 2.53. The van der Waals surface area contributed by atoms with Crippen LogP contribution >= 0.6 is 11.6 Å². The lowest BCUT2D eigenvalue weighted by Crippen LogP contribution is -1.98. The molecule has 0 radical (unpaired) electrons. The second kappa shape index (κ2) is 6.40. The molecule has 0 aromatic heterocycles. The van der Waals surface area contributed by atoms with Gasteiger partial charge in [-0.15, -0.1) is 11.6 Å². The van der Waals surface area contributed by atoms with E-state index in [0.717, 1.165) is 27.8 Å². The Kier molecular flexibility index (Phi) is 4.60. The summed E-state index contributed by atoms with van der Waals surface area (Å²) in [6.07, 6.45) is 5.48. The van der Waals surface area contributed by atoms with Crippen LogP contribution in [0.1, 0.15) is 33.2 Å². The van der Waals surface area contributed by atoms with Gasteiger partial charge in [-0.3, -0.25) is 0 Å². The van der Waals surface area contributed by atoms with E-state index in [-0.39, 0.29) is 5.38 Å². The molecule has 0 saturated carbocycles. The predicted molar refractivity (Wildman–Crippen MR) is 90.9 cm³/mol. The highest BCUT2D eigenvalue weighted by atomic mass is 35.5. The Morgan fingerprint density at radius 2 is 1.55 bits per heavy atom. The Bertz CT molecular complexity index is 635. The first-order chi connectivity index (χ1) is 9.71. The normalized spacial score (nSPS) is 11.7. The van der Waals surface area contributed by atoms with Crippen LogP contribution in [0.3, 0.4) is 0 Å². The van der Waals surface area contributed by atoms with Crippen LogP contribution in [-0.2, 0) is 0 Å². The number of hydrogen-bond donors (Lipinski definition) is 0. The summed E-state index contributed by atoms with van der Waals surface area (Å²) in [6, 6.07) is 14.1. The summed E-state index contributed by atoms with van der Waals surface area (Å²) in [5.41, 5.74) is 5.27. The molecule has 0 spiro atoms. The van der Waals surface area contributed by atoms with E-state index in [1.807, 2.05) is 60.7 Å². The van der Waals surface area contributed by atoms with Crippen molar-refractivity contribution in [1.29, 1.82) is 0 Å². The molecule has 0 fully saturated rings. The third-order valence-electron chi connectivity index (χ3n) is 3.34. The maximum absolute atomic E-state index is 6.63. The molecule has 0 bridgehead atoms. The summed E-state index contributed by atoms with van der Waals surface area (Å²) in [6.45, 7) is 11.5. The van der Waals surface area contributed by atoms with Crippen LogP contribution in [0.5, 0.6) is 0 Å². The van der Waals surface area contributed by atoms with Crippen molar-refractivity contribution in [2.45, 2.75) is 5.38 Å². The van der Waals surface area contributed by atoms with E-state index in [0.29, 0.717) is 0 Å². The first-order valence-electron chi connectivity index (χ1n) is 6.45. The Morgan fingerprint density at radius 1 is 0.850 bits per heavy atom. The first-order valence-corrected chi connectivity index (χ1v) is 6.89. The van der Waals surface area contributed by atoms with Crippen LogP contribution in [0, 0.1) is 0 Å².